The van der Waals surface area contributed by atoms with E-state index >= 15 is 0 Å². The van der Waals surface area contributed by atoms with Crippen LogP contribution < -0.4 is 5.32 Å². The summed E-state index contributed by atoms with van der Waals surface area (Å²) in [6, 6.07) is 0. The van der Waals surface area contributed by atoms with Gasteiger partial charge < -0.3 is 10.3 Å². The highest BCUT2D eigenvalue weighted by molar-refractivity contribution is 9.10. The minimum Gasteiger partial charge on any atom is -0.375 e. The Morgan fingerprint density at radius 2 is 2.50 bits per heavy atom. The van der Waals surface area contributed by atoms with Crippen molar-refractivity contribution in [1.82, 2.24) is 15.3 Å². The number of thioether (sulfide) groups is 1. The van der Waals surface area contributed by atoms with Gasteiger partial charge in [0.1, 0.15) is 9.63 Å². The van der Waals surface area contributed by atoms with Crippen molar-refractivity contribution in [2.45, 2.75) is 19.3 Å². The summed E-state index contributed by atoms with van der Waals surface area (Å²) in [6.07, 6.45) is 7.31. The predicted octanol–water partition coefficient (Wildman–Crippen LogP) is 2.52. The average Bonchev–Trinajstić information content (AvgIpc) is 2.72. The van der Waals surface area contributed by atoms with Crippen LogP contribution in [0.25, 0.3) is 0 Å². The molecule has 0 aliphatic carbocycles. The van der Waals surface area contributed by atoms with Crippen LogP contribution in [0.15, 0.2) is 22.2 Å². The summed E-state index contributed by atoms with van der Waals surface area (Å²) in [5.74, 6) is 0. The second-order valence-electron chi connectivity index (χ2n) is 3.54. The van der Waals surface area contributed by atoms with Crippen LogP contribution in [-0.4, -0.2) is 27.7 Å². The fourth-order valence-corrected chi connectivity index (χ4v) is 2.24. The Morgan fingerprint density at radius 3 is 3.06 bits per heavy atom. The number of aromatic amines is 1. The van der Waals surface area contributed by atoms with Crippen molar-refractivity contribution in [3.63, 3.8) is 0 Å². The first-order chi connectivity index (χ1) is 8.63. The lowest BCUT2D eigenvalue weighted by atomic mass is 10.2. The van der Waals surface area contributed by atoms with Gasteiger partial charge in [0.25, 0.3) is 6.20 Å². The van der Waals surface area contributed by atoms with Crippen molar-refractivity contribution < 1.29 is 4.92 Å². The van der Waals surface area contributed by atoms with E-state index in [0.717, 1.165) is 42.3 Å². The van der Waals surface area contributed by atoms with Crippen LogP contribution in [0.1, 0.15) is 18.5 Å². The molecule has 8 heteroatoms. The summed E-state index contributed by atoms with van der Waals surface area (Å²) >= 11 is 4.69. The number of H-pyrrole nitrogens is 1. The molecule has 1 aromatic rings. The van der Waals surface area contributed by atoms with Crippen LogP contribution in [0.4, 0.5) is 0 Å². The third kappa shape index (κ3) is 5.54. The predicted molar refractivity (Wildman–Crippen MR) is 75.8 cm³/mol. The molecule has 1 aromatic heterocycles. The maximum Gasteiger partial charge on any atom is 0.263 e. The molecule has 0 saturated heterocycles. The zero-order valence-corrected chi connectivity index (χ0v) is 12.4. The Labute approximate surface area is 118 Å². The Morgan fingerprint density at radius 1 is 1.72 bits per heavy atom. The number of hydrogen-bond acceptors (Lipinski definition) is 5. The first-order valence-corrected chi connectivity index (χ1v) is 7.46. The number of aryl methyl sites for hydroxylation is 1. The van der Waals surface area contributed by atoms with Crippen LogP contribution >= 0.6 is 27.7 Å². The first-order valence-electron chi connectivity index (χ1n) is 5.44. The van der Waals surface area contributed by atoms with E-state index in [9.17, 15) is 10.1 Å². The van der Waals surface area contributed by atoms with Crippen LogP contribution in [0.2, 0.25) is 0 Å². The molecule has 0 saturated carbocycles. The molecule has 0 bridgehead atoms. The van der Waals surface area contributed by atoms with E-state index < -0.39 is 4.92 Å². The monoisotopic (exact) mass is 334 g/mol. The van der Waals surface area contributed by atoms with Gasteiger partial charge in [-0.25, -0.2) is 4.98 Å². The van der Waals surface area contributed by atoms with Gasteiger partial charge in [-0.1, -0.05) is 0 Å². The fourth-order valence-electron chi connectivity index (χ4n) is 1.38. The fraction of sp³-hybridized carbons (Fsp3) is 0.500. The van der Waals surface area contributed by atoms with Crippen molar-refractivity contribution in [3.8, 4) is 0 Å². The van der Waals surface area contributed by atoms with E-state index in [-0.39, 0.29) is 0 Å². The van der Waals surface area contributed by atoms with Crippen molar-refractivity contribution >= 4 is 27.7 Å². The van der Waals surface area contributed by atoms with Gasteiger partial charge in [-0.3, -0.25) is 10.1 Å². The van der Waals surface area contributed by atoms with Gasteiger partial charge in [0.15, 0.2) is 0 Å². The Kier molecular flexibility index (Phi) is 6.81. The summed E-state index contributed by atoms with van der Waals surface area (Å²) in [4.78, 5) is 17.0. The molecule has 1 rings (SSSR count). The first kappa shape index (κ1) is 15.0. The summed E-state index contributed by atoms with van der Waals surface area (Å²) in [7, 11) is 0. The molecule has 0 amide bonds. The third-order valence-electron chi connectivity index (χ3n) is 2.26. The van der Waals surface area contributed by atoms with E-state index in [1.807, 2.05) is 6.26 Å². The molecule has 0 aliphatic rings. The second kappa shape index (κ2) is 8.15. The van der Waals surface area contributed by atoms with Crippen LogP contribution in [0.5, 0.6) is 0 Å². The molecule has 0 aliphatic heterocycles. The number of nitrogens with one attached hydrogen (secondary N) is 2. The number of imidazole rings is 1. The van der Waals surface area contributed by atoms with Gasteiger partial charge in [-0.15, -0.1) is 11.8 Å². The number of nitrogens with zero attached hydrogens (tertiary/aromatic N) is 2. The van der Waals surface area contributed by atoms with E-state index in [1.165, 1.54) is 11.8 Å². The lowest BCUT2D eigenvalue weighted by molar-refractivity contribution is -0.403. The van der Waals surface area contributed by atoms with Gasteiger partial charge in [-0.05, 0) is 41.4 Å². The number of halogens is 1. The summed E-state index contributed by atoms with van der Waals surface area (Å²) in [5, 5.41) is 13.9. The van der Waals surface area contributed by atoms with Crippen LogP contribution in [0.3, 0.4) is 0 Å². The minimum atomic E-state index is -0.444. The molecular formula is C10H15BrN4O2S. The highest BCUT2D eigenvalue weighted by atomic mass is 79.9. The highest BCUT2D eigenvalue weighted by Gasteiger charge is 2.02. The molecule has 0 unspecified atom stereocenters. The van der Waals surface area contributed by atoms with E-state index in [0.29, 0.717) is 5.03 Å². The van der Waals surface area contributed by atoms with Crippen molar-refractivity contribution in [1.29, 1.82) is 0 Å². The quantitative estimate of drug-likeness (QED) is 0.433. The van der Waals surface area contributed by atoms with Gasteiger partial charge in [-0.2, -0.15) is 0 Å². The zero-order valence-electron chi connectivity index (χ0n) is 9.98. The molecule has 100 valence electrons. The number of aromatic nitrogens is 2. The molecule has 18 heavy (non-hydrogen) atoms. The smallest absolute Gasteiger partial charge is 0.263 e. The summed E-state index contributed by atoms with van der Waals surface area (Å²) in [5.41, 5.74) is 1.08. The van der Waals surface area contributed by atoms with Gasteiger partial charge in [0.05, 0.1) is 11.3 Å². The zero-order chi connectivity index (χ0) is 13.4. The number of nitro groups is 1. The Balaban J connectivity index is 2.19. The molecule has 0 fully saturated rings. The van der Waals surface area contributed by atoms with Crippen molar-refractivity contribution in [3.05, 3.63) is 38.0 Å². The normalized spacial score (nSPS) is 11.6. The van der Waals surface area contributed by atoms with E-state index in [4.69, 9.17) is 0 Å². The molecule has 0 spiro atoms. The average molecular weight is 335 g/mol. The molecule has 0 atom stereocenters. The summed E-state index contributed by atoms with van der Waals surface area (Å²) in [6.45, 7) is 0.728. The molecule has 1 heterocycles. The third-order valence-corrected chi connectivity index (χ3v) is 3.63. The minimum absolute atomic E-state index is 0.444. The molecule has 0 radical (unpaired) electrons. The largest absolute Gasteiger partial charge is 0.375 e. The number of hydrogen-bond donors (Lipinski definition) is 2. The Bertz CT molecular complexity index is 422. The molecular weight excluding hydrogens is 320 g/mol. The lowest BCUT2D eigenvalue weighted by Crippen LogP contribution is -2.14. The SMILES string of the molecule is CSC(=C[N+](=O)[O-])NCCCCc1[nH]cnc1Br. The van der Waals surface area contributed by atoms with Crippen LogP contribution in [-0.2, 0) is 6.42 Å². The van der Waals surface area contributed by atoms with Crippen LogP contribution in [0, 0.1) is 10.1 Å². The van der Waals surface area contributed by atoms with E-state index in [2.05, 4.69) is 31.2 Å². The highest BCUT2D eigenvalue weighted by Crippen LogP contribution is 2.13. The van der Waals surface area contributed by atoms with Gasteiger partial charge in [0.2, 0.25) is 0 Å². The van der Waals surface area contributed by atoms with Crippen molar-refractivity contribution in [2.24, 2.45) is 0 Å². The molecule has 0 aromatic carbocycles. The maximum absolute atomic E-state index is 10.3. The number of rotatable bonds is 8. The standard InChI is InChI=1S/C10H15BrN4O2S/c1-18-9(6-15(16)17)12-5-3-2-4-8-10(11)14-7-13-8/h6-7,12H,2-5H2,1H3,(H,13,14). The Hall–Kier alpha value is -1.02. The van der Waals surface area contributed by atoms with E-state index in [1.54, 1.807) is 6.33 Å². The summed E-state index contributed by atoms with van der Waals surface area (Å²) < 4.78 is 0.855. The second-order valence-corrected chi connectivity index (χ2v) is 5.14. The van der Waals surface area contributed by atoms with Crippen molar-refractivity contribution in [2.75, 3.05) is 12.8 Å². The maximum atomic E-state index is 10.3. The molecule has 2 N–H and O–H groups in total. The van der Waals surface area contributed by atoms with Gasteiger partial charge >= 0.3 is 0 Å². The number of unbranched alkanes of at least 4 members (excludes halogenated alkanes) is 1. The topological polar surface area (TPSA) is 83.9 Å². The van der Waals surface area contributed by atoms with Gasteiger partial charge in [0, 0.05) is 12.2 Å². The lowest BCUT2D eigenvalue weighted by Gasteiger charge is -2.05. The molecule has 6 nitrogen and oxygen atoms in total.